The fraction of sp³-hybridized carbons (Fsp3) is 0.538. The zero-order chi connectivity index (χ0) is 11.8. The number of benzene rings is 1. The van der Waals surface area contributed by atoms with Crippen LogP contribution in [-0.2, 0) is 0 Å². The molecule has 0 saturated carbocycles. The largest absolute Gasteiger partial charge is 0.506 e. The van der Waals surface area contributed by atoms with Crippen molar-refractivity contribution in [2.24, 2.45) is 5.41 Å². The number of halogens is 1. The molecule has 0 aliphatic carbocycles. The third kappa shape index (κ3) is 2.43. The number of aromatic hydroxyl groups is 1. The first-order valence-electron chi connectivity index (χ1n) is 5.71. The van der Waals surface area contributed by atoms with Crippen molar-refractivity contribution in [2.75, 3.05) is 18.0 Å². The molecular weight excluding hydrogens is 222 g/mol. The number of anilines is 1. The number of nitrogens with zero attached hydrogens (tertiary/aromatic N) is 1. The molecule has 0 unspecified atom stereocenters. The van der Waals surface area contributed by atoms with Crippen LogP contribution in [0, 0.1) is 5.41 Å². The van der Waals surface area contributed by atoms with E-state index in [0.717, 1.165) is 31.6 Å². The number of phenolic OH excluding ortho intramolecular Hbond substituents is 1. The summed E-state index contributed by atoms with van der Waals surface area (Å²) in [6, 6.07) is 5.34. The zero-order valence-electron chi connectivity index (χ0n) is 9.83. The van der Waals surface area contributed by atoms with Crippen molar-refractivity contribution in [3.8, 4) is 5.75 Å². The molecule has 0 aromatic heterocycles. The highest BCUT2D eigenvalue weighted by atomic mass is 35.5. The maximum absolute atomic E-state index is 9.85. The van der Waals surface area contributed by atoms with E-state index >= 15 is 0 Å². The molecule has 0 spiro atoms. The number of hydrogen-bond acceptors (Lipinski definition) is 2. The first-order chi connectivity index (χ1) is 7.48. The molecule has 0 atom stereocenters. The molecular formula is C13H18ClNO. The number of phenols is 1. The third-order valence-corrected chi connectivity index (χ3v) is 3.63. The molecule has 0 bridgehead atoms. The summed E-state index contributed by atoms with van der Waals surface area (Å²) in [5.41, 5.74) is 1.33. The quantitative estimate of drug-likeness (QED) is 0.808. The molecule has 1 N–H and O–H groups in total. The monoisotopic (exact) mass is 239 g/mol. The van der Waals surface area contributed by atoms with Crippen LogP contribution in [0.5, 0.6) is 5.75 Å². The van der Waals surface area contributed by atoms with E-state index in [9.17, 15) is 5.11 Å². The van der Waals surface area contributed by atoms with E-state index in [-0.39, 0.29) is 5.75 Å². The molecule has 1 aromatic carbocycles. The van der Waals surface area contributed by atoms with Crippen molar-refractivity contribution >= 4 is 17.3 Å². The van der Waals surface area contributed by atoms with Crippen LogP contribution in [0.3, 0.4) is 0 Å². The highest BCUT2D eigenvalue weighted by Crippen LogP contribution is 2.36. The average molecular weight is 240 g/mol. The van der Waals surface area contributed by atoms with Gasteiger partial charge in [0.2, 0.25) is 0 Å². The fourth-order valence-corrected chi connectivity index (χ4v) is 2.28. The average Bonchev–Trinajstić information content (AvgIpc) is 2.19. The Morgan fingerprint density at radius 2 is 1.88 bits per heavy atom. The molecule has 88 valence electrons. The van der Waals surface area contributed by atoms with E-state index in [1.807, 2.05) is 12.1 Å². The lowest BCUT2D eigenvalue weighted by molar-refractivity contribution is 0.279. The molecule has 1 saturated heterocycles. The summed E-state index contributed by atoms with van der Waals surface area (Å²) in [4.78, 5) is 2.23. The lowest BCUT2D eigenvalue weighted by Crippen LogP contribution is -2.37. The van der Waals surface area contributed by atoms with E-state index in [2.05, 4.69) is 18.7 Å². The van der Waals surface area contributed by atoms with Crippen LogP contribution in [0.1, 0.15) is 26.7 Å². The second-order valence-corrected chi connectivity index (χ2v) is 5.72. The summed E-state index contributed by atoms with van der Waals surface area (Å²) in [6.45, 7) is 6.60. The first kappa shape index (κ1) is 11.6. The maximum Gasteiger partial charge on any atom is 0.140 e. The Hall–Kier alpha value is -0.890. The van der Waals surface area contributed by atoms with E-state index in [1.165, 1.54) is 0 Å². The summed E-state index contributed by atoms with van der Waals surface area (Å²) in [5.74, 6) is 0.284. The maximum atomic E-state index is 9.85. The van der Waals surface area contributed by atoms with E-state index in [1.54, 1.807) is 6.07 Å². The van der Waals surface area contributed by atoms with E-state index in [4.69, 9.17) is 11.6 Å². The van der Waals surface area contributed by atoms with E-state index < -0.39 is 0 Å². The van der Waals surface area contributed by atoms with Crippen LogP contribution in [0.4, 0.5) is 5.69 Å². The molecule has 1 fully saturated rings. The summed E-state index contributed by atoms with van der Waals surface area (Å²) >= 11 is 5.82. The van der Waals surface area contributed by atoms with Gasteiger partial charge in [0.1, 0.15) is 5.75 Å². The number of hydrogen-bond donors (Lipinski definition) is 1. The van der Waals surface area contributed by atoms with Gasteiger partial charge in [-0.05, 0) is 30.4 Å². The molecule has 2 nitrogen and oxygen atoms in total. The van der Waals surface area contributed by atoms with Gasteiger partial charge in [-0.15, -0.1) is 0 Å². The van der Waals surface area contributed by atoms with Gasteiger partial charge in [0.15, 0.2) is 0 Å². The fourth-order valence-electron chi connectivity index (χ4n) is 2.12. The van der Waals surface area contributed by atoms with Crippen LogP contribution in [0.15, 0.2) is 18.2 Å². The Morgan fingerprint density at radius 1 is 1.25 bits per heavy atom. The Balaban J connectivity index is 2.14. The lowest BCUT2D eigenvalue weighted by Gasteiger charge is -2.38. The minimum atomic E-state index is 0.284. The number of piperidine rings is 1. The molecule has 1 heterocycles. The second-order valence-electron chi connectivity index (χ2n) is 5.28. The van der Waals surface area contributed by atoms with Gasteiger partial charge in [-0.25, -0.2) is 0 Å². The van der Waals surface area contributed by atoms with Crippen molar-refractivity contribution in [3.05, 3.63) is 23.2 Å². The van der Waals surface area contributed by atoms with Gasteiger partial charge in [-0.2, -0.15) is 0 Å². The highest BCUT2D eigenvalue weighted by Gasteiger charge is 2.26. The summed E-state index contributed by atoms with van der Waals surface area (Å²) in [7, 11) is 0. The third-order valence-electron chi connectivity index (χ3n) is 3.40. The molecule has 0 radical (unpaired) electrons. The van der Waals surface area contributed by atoms with Crippen LogP contribution in [-0.4, -0.2) is 18.2 Å². The molecule has 1 aliphatic rings. The standard InChI is InChI=1S/C13H18ClNO/c1-13(2)5-7-15(8-6-13)11-4-3-10(14)9-12(11)16/h3-4,9,16H,5-8H2,1-2H3. The predicted molar refractivity (Wildman–Crippen MR) is 68.3 cm³/mol. The smallest absolute Gasteiger partial charge is 0.140 e. The molecule has 1 aromatic rings. The van der Waals surface area contributed by atoms with Crippen LogP contribution in [0.2, 0.25) is 5.02 Å². The topological polar surface area (TPSA) is 23.5 Å². The zero-order valence-corrected chi connectivity index (χ0v) is 10.6. The summed E-state index contributed by atoms with van der Waals surface area (Å²) in [6.07, 6.45) is 2.32. The normalized spacial score (nSPS) is 19.8. The van der Waals surface area contributed by atoms with Gasteiger partial charge in [0.25, 0.3) is 0 Å². The van der Waals surface area contributed by atoms with E-state index in [0.29, 0.717) is 10.4 Å². The van der Waals surface area contributed by atoms with Gasteiger partial charge < -0.3 is 10.0 Å². The van der Waals surface area contributed by atoms with Gasteiger partial charge in [-0.1, -0.05) is 25.4 Å². The lowest BCUT2D eigenvalue weighted by atomic mass is 9.82. The molecule has 3 heteroatoms. The summed E-state index contributed by atoms with van der Waals surface area (Å²) in [5, 5.41) is 10.4. The Labute approximate surface area is 102 Å². The molecule has 2 rings (SSSR count). The van der Waals surface area contributed by atoms with Crippen molar-refractivity contribution < 1.29 is 5.11 Å². The minimum absolute atomic E-state index is 0.284. The SMILES string of the molecule is CC1(C)CCN(c2ccc(Cl)cc2O)CC1. The van der Waals surface area contributed by atoms with Crippen molar-refractivity contribution in [3.63, 3.8) is 0 Å². The Morgan fingerprint density at radius 3 is 2.44 bits per heavy atom. The minimum Gasteiger partial charge on any atom is -0.506 e. The number of rotatable bonds is 1. The van der Waals surface area contributed by atoms with Crippen LogP contribution >= 0.6 is 11.6 Å². The highest BCUT2D eigenvalue weighted by molar-refractivity contribution is 6.30. The summed E-state index contributed by atoms with van der Waals surface area (Å²) < 4.78 is 0. The van der Waals surface area contributed by atoms with Gasteiger partial charge in [0, 0.05) is 24.2 Å². The van der Waals surface area contributed by atoms with Gasteiger partial charge in [0.05, 0.1) is 5.69 Å². The predicted octanol–water partition coefficient (Wildman–Crippen LogP) is 3.67. The molecule has 0 amide bonds. The second kappa shape index (κ2) is 4.17. The molecule has 16 heavy (non-hydrogen) atoms. The Kier molecular flexibility index (Phi) is 3.02. The first-order valence-corrected chi connectivity index (χ1v) is 6.09. The van der Waals surface area contributed by atoms with Crippen LogP contribution < -0.4 is 4.90 Å². The van der Waals surface area contributed by atoms with Crippen molar-refractivity contribution in [1.82, 2.24) is 0 Å². The van der Waals surface area contributed by atoms with Gasteiger partial charge in [-0.3, -0.25) is 0 Å². The van der Waals surface area contributed by atoms with Crippen molar-refractivity contribution in [1.29, 1.82) is 0 Å². The Bertz CT molecular complexity index is 380. The van der Waals surface area contributed by atoms with Crippen molar-refractivity contribution in [2.45, 2.75) is 26.7 Å². The van der Waals surface area contributed by atoms with Crippen LogP contribution in [0.25, 0.3) is 0 Å². The molecule has 1 aliphatic heterocycles. The van der Waals surface area contributed by atoms with Gasteiger partial charge >= 0.3 is 0 Å².